The normalized spacial score (nSPS) is 12.8. The Bertz CT molecular complexity index is 568. The number of hydrogen-bond acceptors (Lipinski definition) is 5. The molecule has 0 saturated carbocycles. The van der Waals surface area contributed by atoms with E-state index < -0.39 is 0 Å². The molecule has 0 aromatic carbocycles. The molecule has 0 fully saturated rings. The molecule has 0 aliphatic rings. The minimum Gasteiger partial charge on any atom is -0.383 e. The van der Waals surface area contributed by atoms with E-state index in [0.717, 1.165) is 33.9 Å². The molecule has 2 heterocycles. The zero-order chi connectivity index (χ0) is 13.1. The molecule has 18 heavy (non-hydrogen) atoms. The van der Waals surface area contributed by atoms with Gasteiger partial charge in [-0.15, -0.1) is 0 Å². The molecule has 0 amide bonds. The second-order valence-corrected chi connectivity index (χ2v) is 5.02. The highest BCUT2D eigenvalue weighted by Gasteiger charge is 2.18. The zero-order valence-corrected chi connectivity index (χ0v) is 12.2. The molecule has 1 atom stereocenters. The van der Waals surface area contributed by atoms with Crippen molar-refractivity contribution in [3.63, 3.8) is 0 Å². The molecule has 2 rings (SSSR count). The number of nitrogen functional groups attached to an aromatic ring is 1. The van der Waals surface area contributed by atoms with Gasteiger partial charge < -0.3 is 10.5 Å². The van der Waals surface area contributed by atoms with Crippen LogP contribution in [0.1, 0.15) is 32.2 Å². The van der Waals surface area contributed by atoms with E-state index in [0.29, 0.717) is 12.2 Å². The largest absolute Gasteiger partial charge is 0.383 e. The minimum absolute atomic E-state index is 0.163. The average molecular weight is 359 g/mol. The Morgan fingerprint density at radius 2 is 2.33 bits per heavy atom. The van der Waals surface area contributed by atoms with Gasteiger partial charge in [0.15, 0.2) is 5.65 Å². The second-order valence-electron chi connectivity index (χ2n) is 4.00. The quantitative estimate of drug-likeness (QED) is 0.651. The van der Waals surface area contributed by atoms with Crippen LogP contribution in [0.3, 0.4) is 0 Å². The van der Waals surface area contributed by atoms with Gasteiger partial charge in [-0.05, 0) is 35.4 Å². The summed E-state index contributed by atoms with van der Waals surface area (Å²) in [5, 5.41) is 5.27. The van der Waals surface area contributed by atoms with Crippen molar-refractivity contribution in [1.82, 2.24) is 19.7 Å². The van der Waals surface area contributed by atoms with Gasteiger partial charge >= 0.3 is 0 Å². The third-order valence-corrected chi connectivity index (χ3v) is 3.67. The number of nitrogens with two attached hydrogens (primary N) is 1. The Morgan fingerprint density at radius 3 is 3.00 bits per heavy atom. The standard InChI is InChI=1S/C11H14IN5O/c1-2-7(4-3-5-18)17-11-8(9(12)16-17)10(13)14-6-15-11/h5-7H,2-4H2,1H3,(H2,13,14,15). The molecule has 2 N–H and O–H groups in total. The van der Waals surface area contributed by atoms with Crippen LogP contribution in [0, 0.1) is 3.70 Å². The molecule has 2 aromatic rings. The number of rotatable bonds is 5. The Hall–Kier alpha value is -1.25. The van der Waals surface area contributed by atoms with Gasteiger partial charge in [-0.3, -0.25) is 0 Å². The molecular formula is C11H14IN5O. The fourth-order valence-electron chi connectivity index (χ4n) is 1.97. The summed E-state index contributed by atoms with van der Waals surface area (Å²) in [4.78, 5) is 18.7. The molecule has 0 aliphatic heterocycles. The number of carbonyl (C=O) groups is 1. The number of halogens is 1. The SMILES string of the molecule is CCC(CCC=O)n1nc(I)c2c(N)ncnc21. The summed E-state index contributed by atoms with van der Waals surface area (Å²) in [6.45, 7) is 2.07. The fraction of sp³-hybridized carbons (Fsp3) is 0.455. The van der Waals surface area contributed by atoms with Crippen LogP contribution < -0.4 is 5.73 Å². The van der Waals surface area contributed by atoms with E-state index in [9.17, 15) is 4.79 Å². The average Bonchev–Trinajstić information content (AvgIpc) is 2.70. The van der Waals surface area contributed by atoms with Gasteiger partial charge in [-0.1, -0.05) is 6.92 Å². The summed E-state index contributed by atoms with van der Waals surface area (Å²) in [5.41, 5.74) is 6.59. The van der Waals surface area contributed by atoms with Gasteiger partial charge in [0.1, 0.15) is 22.1 Å². The van der Waals surface area contributed by atoms with Gasteiger partial charge in [0.25, 0.3) is 0 Å². The van der Waals surface area contributed by atoms with Crippen molar-refractivity contribution >= 4 is 45.7 Å². The Morgan fingerprint density at radius 1 is 1.56 bits per heavy atom. The summed E-state index contributed by atoms with van der Waals surface area (Å²) < 4.78 is 2.66. The molecule has 96 valence electrons. The number of hydrogen-bond donors (Lipinski definition) is 1. The maximum absolute atomic E-state index is 10.5. The van der Waals surface area contributed by atoms with Crippen LogP contribution >= 0.6 is 22.6 Å². The van der Waals surface area contributed by atoms with Gasteiger partial charge in [-0.2, -0.15) is 5.10 Å². The summed E-state index contributed by atoms with van der Waals surface area (Å²) >= 11 is 2.13. The van der Waals surface area contributed by atoms with Gasteiger partial charge in [0.2, 0.25) is 0 Å². The third-order valence-electron chi connectivity index (χ3n) is 2.91. The summed E-state index contributed by atoms with van der Waals surface area (Å²) in [5.74, 6) is 0.445. The molecule has 0 aliphatic carbocycles. The first-order valence-corrected chi connectivity index (χ1v) is 6.84. The lowest BCUT2D eigenvalue weighted by Crippen LogP contribution is -2.11. The van der Waals surface area contributed by atoms with E-state index in [1.807, 2.05) is 4.68 Å². The minimum atomic E-state index is 0.163. The molecule has 7 heteroatoms. The van der Waals surface area contributed by atoms with Crippen molar-refractivity contribution in [2.24, 2.45) is 0 Å². The van der Waals surface area contributed by atoms with Crippen molar-refractivity contribution < 1.29 is 4.79 Å². The molecule has 2 aromatic heterocycles. The van der Waals surface area contributed by atoms with Crippen LogP contribution in [0.4, 0.5) is 5.82 Å². The van der Waals surface area contributed by atoms with Gasteiger partial charge in [0, 0.05) is 6.42 Å². The third kappa shape index (κ3) is 2.31. The molecule has 0 spiro atoms. The topological polar surface area (TPSA) is 86.7 Å². The smallest absolute Gasteiger partial charge is 0.164 e. The zero-order valence-electron chi connectivity index (χ0n) is 10.0. The fourth-order valence-corrected chi connectivity index (χ4v) is 2.72. The lowest BCUT2D eigenvalue weighted by Gasteiger charge is -2.14. The van der Waals surface area contributed by atoms with Crippen LogP contribution in [0.25, 0.3) is 11.0 Å². The molecule has 0 radical (unpaired) electrons. The maximum Gasteiger partial charge on any atom is 0.164 e. The summed E-state index contributed by atoms with van der Waals surface area (Å²) in [6.07, 6.45) is 4.55. The number of aldehydes is 1. The number of carbonyl (C=O) groups excluding carboxylic acids is 1. The van der Waals surface area contributed by atoms with E-state index in [4.69, 9.17) is 5.73 Å². The lowest BCUT2D eigenvalue weighted by molar-refractivity contribution is -0.108. The number of nitrogens with zero attached hydrogens (tertiary/aromatic N) is 4. The Labute approximate surface area is 118 Å². The highest BCUT2D eigenvalue weighted by molar-refractivity contribution is 14.1. The number of anilines is 1. The van der Waals surface area contributed by atoms with Crippen molar-refractivity contribution in [3.8, 4) is 0 Å². The predicted octanol–water partition coefficient (Wildman–Crippen LogP) is 1.94. The Kier molecular flexibility index (Phi) is 4.10. The summed E-state index contributed by atoms with van der Waals surface area (Å²) in [6, 6.07) is 0.163. The monoisotopic (exact) mass is 359 g/mol. The molecule has 0 bridgehead atoms. The van der Waals surface area contributed by atoms with Crippen LogP contribution in [0.2, 0.25) is 0 Å². The lowest BCUT2D eigenvalue weighted by atomic mass is 10.1. The highest BCUT2D eigenvalue weighted by Crippen LogP contribution is 2.27. The van der Waals surface area contributed by atoms with Crippen LogP contribution in [0.15, 0.2) is 6.33 Å². The van der Waals surface area contributed by atoms with Crippen molar-refractivity contribution in [2.75, 3.05) is 5.73 Å². The van der Waals surface area contributed by atoms with E-state index in [2.05, 4.69) is 44.6 Å². The van der Waals surface area contributed by atoms with Gasteiger partial charge in [-0.25, -0.2) is 14.6 Å². The van der Waals surface area contributed by atoms with Gasteiger partial charge in [0.05, 0.1) is 11.4 Å². The summed E-state index contributed by atoms with van der Waals surface area (Å²) in [7, 11) is 0. The van der Waals surface area contributed by atoms with E-state index >= 15 is 0 Å². The van der Waals surface area contributed by atoms with Crippen molar-refractivity contribution in [2.45, 2.75) is 32.2 Å². The second kappa shape index (κ2) is 5.59. The molecule has 1 unspecified atom stereocenters. The molecule has 0 saturated heterocycles. The van der Waals surface area contributed by atoms with E-state index in [1.165, 1.54) is 6.33 Å². The maximum atomic E-state index is 10.5. The molecular weight excluding hydrogens is 345 g/mol. The number of fused-ring (bicyclic) bond motifs is 1. The number of aromatic nitrogens is 4. The van der Waals surface area contributed by atoms with E-state index in [1.54, 1.807) is 0 Å². The van der Waals surface area contributed by atoms with Crippen LogP contribution in [0.5, 0.6) is 0 Å². The van der Waals surface area contributed by atoms with Crippen LogP contribution in [-0.2, 0) is 4.79 Å². The van der Waals surface area contributed by atoms with Crippen molar-refractivity contribution in [3.05, 3.63) is 10.0 Å². The predicted molar refractivity (Wildman–Crippen MR) is 77.1 cm³/mol. The highest BCUT2D eigenvalue weighted by atomic mass is 127. The first-order chi connectivity index (χ1) is 8.69. The molecule has 6 nitrogen and oxygen atoms in total. The Balaban J connectivity index is 2.50. The first kappa shape index (κ1) is 13.2. The van der Waals surface area contributed by atoms with Crippen LogP contribution in [-0.4, -0.2) is 26.0 Å². The van der Waals surface area contributed by atoms with Crippen molar-refractivity contribution in [1.29, 1.82) is 0 Å². The first-order valence-electron chi connectivity index (χ1n) is 5.76. The van der Waals surface area contributed by atoms with E-state index in [-0.39, 0.29) is 6.04 Å².